The van der Waals surface area contributed by atoms with Gasteiger partial charge in [-0.15, -0.1) is 0 Å². The van der Waals surface area contributed by atoms with Crippen molar-refractivity contribution in [3.63, 3.8) is 0 Å². The number of nitrogens with zero attached hydrogens (tertiary/aromatic N) is 4. The van der Waals surface area contributed by atoms with E-state index in [0.717, 1.165) is 22.4 Å². The number of hydrogen-bond donors (Lipinski definition) is 3. The van der Waals surface area contributed by atoms with Crippen molar-refractivity contribution in [2.45, 2.75) is 38.8 Å². The molecule has 9 nitrogen and oxygen atoms in total. The highest BCUT2D eigenvalue weighted by atomic mass is 19.1. The van der Waals surface area contributed by atoms with Crippen molar-refractivity contribution in [2.24, 2.45) is 5.92 Å². The van der Waals surface area contributed by atoms with Crippen molar-refractivity contribution in [3.05, 3.63) is 102 Å². The van der Waals surface area contributed by atoms with E-state index in [1.165, 1.54) is 11.9 Å². The molecule has 2 aromatic heterocycles. The summed E-state index contributed by atoms with van der Waals surface area (Å²) in [5, 5.41) is 15.5. The van der Waals surface area contributed by atoms with Crippen molar-refractivity contribution < 1.29 is 19.1 Å². The second-order valence-electron chi connectivity index (χ2n) is 10.5. The first-order valence-corrected chi connectivity index (χ1v) is 14.0. The Bertz CT molecular complexity index is 1520. The van der Waals surface area contributed by atoms with Crippen molar-refractivity contribution in [1.82, 2.24) is 20.3 Å². The minimum atomic E-state index is -1.11. The van der Waals surface area contributed by atoms with Crippen LogP contribution in [-0.2, 0) is 22.6 Å². The number of hydrogen-bond acceptors (Lipinski definition) is 7. The summed E-state index contributed by atoms with van der Waals surface area (Å²) in [6.07, 6.45) is 4.30. The number of carbonyl (C=O) groups is 2. The fourth-order valence-corrected chi connectivity index (χ4v) is 5.07. The highest BCUT2D eigenvalue weighted by Crippen LogP contribution is 2.27. The largest absolute Gasteiger partial charge is 0.480 e. The molecule has 1 saturated heterocycles. The Hall–Kier alpha value is -4.86. The molecule has 1 aliphatic heterocycles. The number of amides is 1. The van der Waals surface area contributed by atoms with Crippen molar-refractivity contribution in [1.29, 1.82) is 0 Å². The summed E-state index contributed by atoms with van der Waals surface area (Å²) in [6.45, 7) is 3.07. The number of nitrogens with one attached hydrogen (secondary N) is 2. The normalized spacial score (nSPS) is 15.6. The van der Waals surface area contributed by atoms with Gasteiger partial charge in [0.1, 0.15) is 12.4 Å². The number of aliphatic carboxylic acids is 1. The van der Waals surface area contributed by atoms with Gasteiger partial charge in [-0.25, -0.2) is 14.8 Å². The lowest BCUT2D eigenvalue weighted by Crippen LogP contribution is -2.49. The number of aromatic nitrogens is 3. The predicted octanol–water partition coefficient (Wildman–Crippen LogP) is 4.63. The molecule has 3 heterocycles. The Kier molecular flexibility index (Phi) is 9.01. The number of halogens is 1. The van der Waals surface area contributed by atoms with E-state index in [9.17, 15) is 14.7 Å². The molecule has 42 heavy (non-hydrogen) atoms. The predicted molar refractivity (Wildman–Crippen MR) is 158 cm³/mol. The third-order valence-electron chi connectivity index (χ3n) is 7.42. The molecule has 5 rings (SSSR count). The van der Waals surface area contributed by atoms with Gasteiger partial charge in [0, 0.05) is 25.7 Å². The summed E-state index contributed by atoms with van der Waals surface area (Å²) in [5.74, 6) is -2.43. The molecule has 2 aromatic carbocycles. The molecule has 216 valence electrons. The SMILES string of the molecule is Cc1ccc(-c2ccc(C[C@H](NC(=O)C3CCCN(c4ncnc(NCc5ccccn5)c4F)C3)C(=O)O)cc2)cc1. The summed E-state index contributed by atoms with van der Waals surface area (Å²) in [5.41, 5.74) is 4.83. The van der Waals surface area contributed by atoms with Gasteiger partial charge in [-0.3, -0.25) is 9.78 Å². The molecule has 3 N–H and O–H groups in total. The zero-order valence-corrected chi connectivity index (χ0v) is 23.3. The number of rotatable bonds is 10. The lowest BCUT2D eigenvalue weighted by Gasteiger charge is -2.33. The molecule has 0 bridgehead atoms. The molecule has 2 atom stereocenters. The first-order chi connectivity index (χ1) is 20.4. The number of pyridine rings is 1. The molecule has 1 amide bonds. The quantitative estimate of drug-likeness (QED) is 0.253. The Balaban J connectivity index is 1.21. The lowest BCUT2D eigenvalue weighted by molar-refractivity contribution is -0.142. The standard InChI is InChI=1S/C32H33FN6O3/c1-21-7-11-23(12-8-21)24-13-9-22(10-14-24)17-27(32(41)42)38-31(40)25-5-4-16-39(19-25)30-28(33)29(36-20-37-30)35-18-26-6-2-3-15-34-26/h2-3,6-15,20,25,27H,4-5,16-19H2,1H3,(H,38,40)(H,41,42)(H,35,36,37)/t25?,27-/m0/s1. The molecule has 4 aromatic rings. The Morgan fingerprint density at radius 3 is 2.45 bits per heavy atom. The Morgan fingerprint density at radius 1 is 1.02 bits per heavy atom. The first kappa shape index (κ1) is 28.7. The van der Waals surface area contributed by atoms with E-state index in [2.05, 4.69) is 25.6 Å². The fraction of sp³-hybridized carbons (Fsp3) is 0.281. The first-order valence-electron chi connectivity index (χ1n) is 14.0. The fourth-order valence-electron chi connectivity index (χ4n) is 5.07. The van der Waals surface area contributed by atoms with Gasteiger partial charge in [0.2, 0.25) is 11.7 Å². The van der Waals surface area contributed by atoms with Gasteiger partial charge >= 0.3 is 5.97 Å². The van der Waals surface area contributed by atoms with Gasteiger partial charge in [0.05, 0.1) is 18.2 Å². The van der Waals surface area contributed by atoms with Crippen LogP contribution in [0.3, 0.4) is 0 Å². The van der Waals surface area contributed by atoms with Crippen LogP contribution in [0, 0.1) is 18.7 Å². The second-order valence-corrected chi connectivity index (χ2v) is 10.5. The van der Waals surface area contributed by atoms with E-state index in [1.54, 1.807) is 17.2 Å². The van der Waals surface area contributed by atoms with E-state index >= 15 is 4.39 Å². The van der Waals surface area contributed by atoms with E-state index in [4.69, 9.17) is 0 Å². The minimum Gasteiger partial charge on any atom is -0.480 e. The summed E-state index contributed by atoms with van der Waals surface area (Å²) in [4.78, 5) is 39.4. The molecule has 1 aliphatic rings. The average Bonchev–Trinajstić information content (AvgIpc) is 3.01. The zero-order valence-electron chi connectivity index (χ0n) is 23.3. The third-order valence-corrected chi connectivity index (χ3v) is 7.42. The molecule has 1 unspecified atom stereocenters. The second kappa shape index (κ2) is 13.2. The minimum absolute atomic E-state index is 0.0524. The van der Waals surface area contributed by atoms with Crippen LogP contribution in [0.5, 0.6) is 0 Å². The van der Waals surface area contributed by atoms with Gasteiger partial charge in [0.25, 0.3) is 0 Å². The van der Waals surface area contributed by atoms with E-state index in [-0.39, 0.29) is 30.5 Å². The molecule has 0 aliphatic carbocycles. The topological polar surface area (TPSA) is 120 Å². The van der Waals surface area contributed by atoms with Crippen molar-refractivity contribution in [2.75, 3.05) is 23.3 Å². The summed E-state index contributed by atoms with van der Waals surface area (Å²) in [6, 6.07) is 20.3. The number of benzene rings is 2. The monoisotopic (exact) mass is 568 g/mol. The summed E-state index contributed by atoms with van der Waals surface area (Å²) in [7, 11) is 0. The number of carbonyl (C=O) groups excluding carboxylic acids is 1. The molecule has 10 heteroatoms. The molecule has 0 radical (unpaired) electrons. The number of piperidine rings is 1. The molecular weight excluding hydrogens is 535 g/mol. The number of carboxylic acids is 1. The van der Waals surface area contributed by atoms with Crippen molar-refractivity contribution in [3.8, 4) is 11.1 Å². The lowest BCUT2D eigenvalue weighted by atomic mass is 9.95. The van der Waals surface area contributed by atoms with Crippen LogP contribution in [0.25, 0.3) is 11.1 Å². The number of aryl methyl sites for hydroxylation is 1. The van der Waals surface area contributed by atoms with Gasteiger partial charge in [0.15, 0.2) is 11.6 Å². The summed E-state index contributed by atoms with van der Waals surface area (Å²) >= 11 is 0. The van der Waals surface area contributed by atoms with Crippen LogP contribution < -0.4 is 15.5 Å². The van der Waals surface area contributed by atoms with Gasteiger partial charge in [-0.1, -0.05) is 60.2 Å². The third kappa shape index (κ3) is 7.06. The van der Waals surface area contributed by atoms with Crippen LogP contribution in [0.2, 0.25) is 0 Å². The number of carboxylic acid groups (broad SMARTS) is 1. The Labute approximate surface area is 243 Å². The van der Waals surface area contributed by atoms with E-state index < -0.39 is 23.7 Å². The van der Waals surface area contributed by atoms with Gasteiger partial charge < -0.3 is 20.6 Å². The zero-order chi connectivity index (χ0) is 29.5. The Morgan fingerprint density at radius 2 is 1.76 bits per heavy atom. The van der Waals surface area contributed by atoms with Crippen LogP contribution in [0.1, 0.15) is 29.7 Å². The van der Waals surface area contributed by atoms with Crippen molar-refractivity contribution >= 4 is 23.5 Å². The van der Waals surface area contributed by atoms with E-state index in [1.807, 2.05) is 67.6 Å². The summed E-state index contributed by atoms with van der Waals surface area (Å²) < 4.78 is 15.4. The van der Waals surface area contributed by atoms with Crippen LogP contribution >= 0.6 is 0 Å². The van der Waals surface area contributed by atoms with Crippen LogP contribution in [-0.4, -0.2) is 51.1 Å². The number of anilines is 2. The highest BCUT2D eigenvalue weighted by molar-refractivity contribution is 5.85. The van der Waals surface area contributed by atoms with Gasteiger partial charge in [-0.2, -0.15) is 4.39 Å². The molecule has 0 saturated carbocycles. The van der Waals surface area contributed by atoms with Crippen LogP contribution in [0.4, 0.5) is 16.0 Å². The maximum absolute atomic E-state index is 15.4. The molecule has 1 fully saturated rings. The maximum Gasteiger partial charge on any atom is 0.326 e. The van der Waals surface area contributed by atoms with E-state index in [0.29, 0.717) is 25.9 Å². The highest BCUT2D eigenvalue weighted by Gasteiger charge is 2.31. The van der Waals surface area contributed by atoms with Crippen LogP contribution in [0.15, 0.2) is 79.3 Å². The average molecular weight is 569 g/mol. The van der Waals surface area contributed by atoms with Gasteiger partial charge in [-0.05, 0) is 48.6 Å². The molecular formula is C32H33FN6O3. The maximum atomic E-state index is 15.4. The smallest absolute Gasteiger partial charge is 0.326 e. The molecule has 0 spiro atoms.